The third kappa shape index (κ3) is 16.4. The van der Waals surface area contributed by atoms with Gasteiger partial charge < -0.3 is 28.1 Å². The molecule has 0 unspecified atom stereocenters. The van der Waals surface area contributed by atoms with Gasteiger partial charge >= 0.3 is 46.9 Å². The SMILES string of the molecule is CC(C)(C)OC(=O)c1ccc(S(=O)(=O)[O-])cc1C(=O)OC(C)(C)C.CC(C)(C)OC(=O)c1ccc(S(=O)(=O)[O-])cc1C(=O)OC(C)(C)C.[Mg+2]. The molecule has 0 radical (unpaired) electrons. The fraction of sp³-hybridized carbons (Fsp3) is 0.500. The molecule has 0 aliphatic rings. The maximum atomic E-state index is 12.3. The van der Waals surface area contributed by atoms with Crippen molar-refractivity contribution in [2.45, 2.75) is 115 Å². The van der Waals surface area contributed by atoms with Gasteiger partial charge in [0.25, 0.3) is 0 Å². The van der Waals surface area contributed by atoms with E-state index in [1.54, 1.807) is 83.1 Å². The Labute approximate surface area is 303 Å². The molecule has 2 aromatic rings. The van der Waals surface area contributed by atoms with Crippen LogP contribution in [0.4, 0.5) is 0 Å². The van der Waals surface area contributed by atoms with Gasteiger partial charge in [-0.1, -0.05) is 0 Å². The third-order valence-electron chi connectivity index (χ3n) is 5.03. The Hall–Kier alpha value is -3.09. The summed E-state index contributed by atoms with van der Waals surface area (Å²) in [6.45, 7) is 19.6. The van der Waals surface area contributed by atoms with Gasteiger partial charge in [0.2, 0.25) is 0 Å². The van der Waals surface area contributed by atoms with Gasteiger partial charge in [0, 0.05) is 0 Å². The first kappa shape index (κ1) is 45.9. The van der Waals surface area contributed by atoms with Gasteiger partial charge in [0.1, 0.15) is 42.6 Å². The fourth-order valence-electron chi connectivity index (χ4n) is 3.38. The molecule has 0 atom stereocenters. The minimum Gasteiger partial charge on any atom is -0.744 e. The van der Waals surface area contributed by atoms with Crippen molar-refractivity contribution in [3.05, 3.63) is 58.7 Å². The van der Waals surface area contributed by atoms with Crippen LogP contribution in [0.15, 0.2) is 46.2 Å². The summed E-state index contributed by atoms with van der Waals surface area (Å²) < 4.78 is 87.8. The van der Waals surface area contributed by atoms with E-state index in [9.17, 15) is 45.1 Å². The van der Waals surface area contributed by atoms with Gasteiger partial charge in [-0.05, 0) is 119 Å². The van der Waals surface area contributed by atoms with Crippen LogP contribution in [0, 0.1) is 0 Å². The van der Waals surface area contributed by atoms with E-state index < -0.39 is 76.3 Å². The second-order valence-corrected chi connectivity index (χ2v) is 17.1. The standard InChI is InChI=1S/2C16H22O7S.Mg/c2*1-15(2,3)22-13(17)11-8-7-10(24(19,20)21)9-12(11)14(18)23-16(4,5)6;/h2*7-9H,1-6H3,(H,19,20,21);/q;;+2/p-2. The van der Waals surface area contributed by atoms with Crippen LogP contribution < -0.4 is 0 Å². The minimum absolute atomic E-state index is 0. The van der Waals surface area contributed by atoms with Crippen molar-refractivity contribution in [1.82, 2.24) is 0 Å². The Bertz CT molecular complexity index is 1640. The van der Waals surface area contributed by atoms with Crippen LogP contribution in [0.3, 0.4) is 0 Å². The molecular formula is C32H42MgO14S2. The topological polar surface area (TPSA) is 220 Å². The molecule has 0 bridgehead atoms. The molecule has 0 heterocycles. The molecule has 14 nitrogen and oxygen atoms in total. The van der Waals surface area contributed by atoms with E-state index >= 15 is 0 Å². The maximum Gasteiger partial charge on any atom is 2.00 e. The first-order chi connectivity index (χ1) is 21.2. The molecule has 0 saturated carbocycles. The second-order valence-electron chi connectivity index (χ2n) is 14.3. The maximum absolute atomic E-state index is 12.3. The van der Waals surface area contributed by atoms with Crippen molar-refractivity contribution in [3.63, 3.8) is 0 Å². The molecule has 0 saturated heterocycles. The van der Waals surface area contributed by atoms with Crippen molar-refractivity contribution >= 4 is 67.2 Å². The summed E-state index contributed by atoms with van der Waals surface area (Å²) in [4.78, 5) is 47.9. The van der Waals surface area contributed by atoms with Crippen molar-refractivity contribution in [2.75, 3.05) is 0 Å². The molecule has 49 heavy (non-hydrogen) atoms. The summed E-state index contributed by atoms with van der Waals surface area (Å²) >= 11 is 0. The van der Waals surface area contributed by atoms with Gasteiger partial charge in [-0.3, -0.25) is 0 Å². The summed E-state index contributed by atoms with van der Waals surface area (Å²) in [6.07, 6.45) is 0. The van der Waals surface area contributed by atoms with Crippen molar-refractivity contribution in [3.8, 4) is 0 Å². The first-order valence-corrected chi connectivity index (χ1v) is 17.2. The molecule has 0 aliphatic carbocycles. The van der Waals surface area contributed by atoms with E-state index in [0.29, 0.717) is 0 Å². The molecule has 2 rings (SSSR count). The number of rotatable bonds is 6. The van der Waals surface area contributed by atoms with Crippen LogP contribution in [0.25, 0.3) is 0 Å². The summed E-state index contributed by atoms with van der Waals surface area (Å²) in [5, 5.41) is 0. The predicted octanol–water partition coefficient (Wildman–Crippen LogP) is 4.62. The Morgan fingerprint density at radius 3 is 0.837 bits per heavy atom. The van der Waals surface area contributed by atoms with E-state index in [1.165, 1.54) is 0 Å². The molecule has 268 valence electrons. The van der Waals surface area contributed by atoms with E-state index in [2.05, 4.69) is 0 Å². The van der Waals surface area contributed by atoms with E-state index in [4.69, 9.17) is 18.9 Å². The number of esters is 4. The van der Waals surface area contributed by atoms with Crippen molar-refractivity contribution in [1.29, 1.82) is 0 Å². The summed E-state index contributed by atoms with van der Waals surface area (Å²) in [7, 11) is -9.58. The van der Waals surface area contributed by atoms with Gasteiger partial charge in [-0.15, -0.1) is 0 Å². The van der Waals surface area contributed by atoms with Gasteiger partial charge in [0.05, 0.1) is 32.0 Å². The molecule has 0 fully saturated rings. The number of hydrogen-bond donors (Lipinski definition) is 0. The normalized spacial score (nSPS) is 12.4. The summed E-state index contributed by atoms with van der Waals surface area (Å²) in [6, 6.07) is 5.70. The third-order valence-corrected chi connectivity index (χ3v) is 6.70. The zero-order valence-corrected chi connectivity index (χ0v) is 32.8. The number of benzene rings is 2. The van der Waals surface area contributed by atoms with Crippen molar-refractivity contribution in [2.24, 2.45) is 0 Å². The molecule has 0 spiro atoms. The van der Waals surface area contributed by atoms with Crippen LogP contribution in [-0.4, -0.2) is 95.3 Å². The largest absolute Gasteiger partial charge is 2.00 e. The van der Waals surface area contributed by atoms with Crippen LogP contribution in [-0.2, 0) is 39.2 Å². The zero-order chi connectivity index (χ0) is 37.8. The molecule has 0 amide bonds. The number of carbonyl (C=O) groups is 4. The van der Waals surface area contributed by atoms with Gasteiger partial charge in [-0.2, -0.15) is 0 Å². The number of ether oxygens (including phenoxy) is 4. The van der Waals surface area contributed by atoms with E-state index in [1.807, 2.05) is 0 Å². The monoisotopic (exact) mass is 738 g/mol. The van der Waals surface area contributed by atoms with Crippen LogP contribution in [0.1, 0.15) is 125 Å². The minimum atomic E-state index is -4.79. The van der Waals surface area contributed by atoms with Gasteiger partial charge in [0.15, 0.2) is 0 Å². The molecule has 17 heteroatoms. The quantitative estimate of drug-likeness (QED) is 0.171. The first-order valence-electron chi connectivity index (χ1n) is 14.3. The van der Waals surface area contributed by atoms with E-state index in [-0.39, 0.29) is 45.3 Å². The second kappa shape index (κ2) is 16.3. The fourth-order valence-corrected chi connectivity index (χ4v) is 4.38. The number of carbonyl (C=O) groups excluding carboxylic acids is 4. The Balaban J connectivity index is 0.000000922. The predicted molar refractivity (Wildman–Crippen MR) is 175 cm³/mol. The van der Waals surface area contributed by atoms with Crippen LogP contribution in [0.2, 0.25) is 0 Å². The van der Waals surface area contributed by atoms with Crippen molar-refractivity contribution < 1.29 is 64.1 Å². The van der Waals surface area contributed by atoms with E-state index in [0.717, 1.165) is 36.4 Å². The molecule has 0 aliphatic heterocycles. The summed E-state index contributed by atoms with van der Waals surface area (Å²) in [5.74, 6) is -3.49. The van der Waals surface area contributed by atoms with Crippen LogP contribution in [0.5, 0.6) is 0 Å². The molecule has 0 N–H and O–H groups in total. The average molecular weight is 739 g/mol. The van der Waals surface area contributed by atoms with Crippen LogP contribution >= 0.6 is 0 Å². The number of hydrogen-bond acceptors (Lipinski definition) is 14. The Morgan fingerprint density at radius 2 is 0.653 bits per heavy atom. The average Bonchev–Trinajstić information content (AvgIpc) is 2.83. The molecule has 2 aromatic carbocycles. The van der Waals surface area contributed by atoms with Gasteiger partial charge in [-0.25, -0.2) is 36.0 Å². The Morgan fingerprint density at radius 1 is 0.449 bits per heavy atom. The molecule has 0 aromatic heterocycles. The zero-order valence-electron chi connectivity index (χ0n) is 29.7. The summed E-state index contributed by atoms with van der Waals surface area (Å²) in [5.41, 5.74) is -4.38. The molecular weight excluding hydrogens is 697 g/mol. The smallest absolute Gasteiger partial charge is 0.744 e. The Kier molecular flexibility index (Phi) is 15.3.